The predicted octanol–water partition coefficient (Wildman–Crippen LogP) is 3.13. The Morgan fingerprint density at radius 1 is 1.45 bits per heavy atom. The van der Waals surface area contributed by atoms with Gasteiger partial charge in [0.25, 0.3) is 0 Å². The van der Waals surface area contributed by atoms with E-state index < -0.39 is 17.9 Å². The van der Waals surface area contributed by atoms with Crippen LogP contribution in [0.1, 0.15) is 45.2 Å². The molecule has 0 heterocycles. The molecule has 0 bridgehead atoms. The van der Waals surface area contributed by atoms with E-state index in [1.807, 2.05) is 6.92 Å². The Kier molecular flexibility index (Phi) is 6.45. The molecule has 20 heavy (non-hydrogen) atoms. The second-order valence-corrected chi connectivity index (χ2v) is 4.72. The van der Waals surface area contributed by atoms with Crippen molar-refractivity contribution in [2.24, 2.45) is 0 Å². The molecule has 5 heteroatoms. The molecule has 1 aromatic rings. The SMILES string of the molecule is CCCNC(C)c1ccc(OC(CC)C(=O)O)c(F)c1. The molecular formula is C15H22FNO3. The lowest BCUT2D eigenvalue weighted by molar-refractivity contribution is -0.145. The van der Waals surface area contributed by atoms with Crippen LogP contribution in [0.5, 0.6) is 5.75 Å². The van der Waals surface area contributed by atoms with Gasteiger partial charge in [-0.25, -0.2) is 9.18 Å². The Balaban J connectivity index is 2.79. The second kappa shape index (κ2) is 7.85. The van der Waals surface area contributed by atoms with Crippen LogP contribution in [0.25, 0.3) is 0 Å². The summed E-state index contributed by atoms with van der Waals surface area (Å²) in [5, 5.41) is 12.2. The van der Waals surface area contributed by atoms with Gasteiger partial charge in [0.1, 0.15) is 0 Å². The zero-order chi connectivity index (χ0) is 15.1. The Bertz CT molecular complexity index is 451. The molecule has 0 amide bonds. The van der Waals surface area contributed by atoms with Gasteiger partial charge in [-0.1, -0.05) is 19.9 Å². The molecule has 2 N–H and O–H groups in total. The van der Waals surface area contributed by atoms with E-state index in [2.05, 4.69) is 12.2 Å². The summed E-state index contributed by atoms with van der Waals surface area (Å²) in [5.74, 6) is -1.65. The maximum absolute atomic E-state index is 13.9. The van der Waals surface area contributed by atoms with Crippen LogP contribution in [0.2, 0.25) is 0 Å². The molecule has 0 fully saturated rings. The van der Waals surface area contributed by atoms with Gasteiger partial charge in [0.05, 0.1) is 0 Å². The first kappa shape index (κ1) is 16.4. The number of carboxylic acids is 1. The molecule has 2 atom stereocenters. The summed E-state index contributed by atoms with van der Waals surface area (Å²) in [6.07, 6.45) is 0.265. The number of carboxylic acid groups (broad SMARTS) is 1. The molecule has 1 rings (SSSR count). The number of ether oxygens (including phenoxy) is 1. The van der Waals surface area contributed by atoms with Crippen molar-refractivity contribution in [1.29, 1.82) is 0 Å². The molecule has 2 unspecified atom stereocenters. The van der Waals surface area contributed by atoms with Gasteiger partial charge in [0.15, 0.2) is 17.7 Å². The Hall–Kier alpha value is -1.62. The van der Waals surface area contributed by atoms with Gasteiger partial charge in [-0.2, -0.15) is 0 Å². The third kappa shape index (κ3) is 4.49. The number of halogens is 1. The largest absolute Gasteiger partial charge is 0.479 e. The van der Waals surface area contributed by atoms with Crippen LogP contribution < -0.4 is 10.1 Å². The number of aliphatic carboxylic acids is 1. The average Bonchev–Trinajstić information content (AvgIpc) is 2.42. The van der Waals surface area contributed by atoms with Crippen molar-refractivity contribution in [3.05, 3.63) is 29.6 Å². The van der Waals surface area contributed by atoms with Crippen LogP contribution in [0.4, 0.5) is 4.39 Å². The first-order valence-corrected chi connectivity index (χ1v) is 6.91. The molecule has 4 nitrogen and oxygen atoms in total. The van der Waals surface area contributed by atoms with Gasteiger partial charge in [-0.05, 0) is 44.0 Å². The summed E-state index contributed by atoms with van der Waals surface area (Å²) in [5.41, 5.74) is 0.812. The fourth-order valence-electron chi connectivity index (χ4n) is 1.82. The van der Waals surface area contributed by atoms with E-state index in [1.165, 1.54) is 12.1 Å². The predicted molar refractivity (Wildman–Crippen MR) is 75.5 cm³/mol. The highest BCUT2D eigenvalue weighted by Gasteiger charge is 2.19. The van der Waals surface area contributed by atoms with Crippen LogP contribution in [-0.2, 0) is 4.79 Å². The van der Waals surface area contributed by atoms with Crippen molar-refractivity contribution < 1.29 is 19.0 Å². The first-order valence-electron chi connectivity index (χ1n) is 6.91. The van der Waals surface area contributed by atoms with Crippen LogP contribution >= 0.6 is 0 Å². The minimum absolute atomic E-state index is 0.0225. The molecule has 0 saturated carbocycles. The molecule has 0 aliphatic heterocycles. The summed E-state index contributed by atoms with van der Waals surface area (Å²) in [6, 6.07) is 4.66. The number of rotatable bonds is 8. The minimum Gasteiger partial charge on any atom is -0.479 e. The third-order valence-electron chi connectivity index (χ3n) is 3.07. The summed E-state index contributed by atoms with van der Waals surface area (Å²) in [4.78, 5) is 10.9. The average molecular weight is 283 g/mol. The first-order chi connectivity index (χ1) is 9.49. The molecule has 0 saturated heterocycles. The van der Waals surface area contributed by atoms with Gasteiger partial charge >= 0.3 is 5.97 Å². The lowest BCUT2D eigenvalue weighted by Gasteiger charge is -2.17. The molecule has 0 aliphatic carbocycles. The van der Waals surface area contributed by atoms with E-state index in [0.717, 1.165) is 18.5 Å². The maximum atomic E-state index is 13.9. The summed E-state index contributed by atoms with van der Waals surface area (Å²) in [6.45, 7) is 6.56. The van der Waals surface area contributed by atoms with Crippen molar-refractivity contribution in [1.82, 2.24) is 5.32 Å². The van der Waals surface area contributed by atoms with Gasteiger partial charge in [0, 0.05) is 6.04 Å². The van der Waals surface area contributed by atoms with Gasteiger partial charge < -0.3 is 15.2 Å². The smallest absolute Gasteiger partial charge is 0.344 e. The molecule has 0 aliphatic rings. The summed E-state index contributed by atoms with van der Waals surface area (Å²) in [7, 11) is 0. The standard InChI is InChI=1S/C15H22FNO3/c1-4-8-17-10(3)11-6-7-14(12(16)9-11)20-13(5-2)15(18)19/h6-7,9-10,13,17H,4-5,8H2,1-3H3,(H,18,19). The number of hydrogen-bond donors (Lipinski definition) is 2. The monoisotopic (exact) mass is 283 g/mol. The highest BCUT2D eigenvalue weighted by molar-refractivity contribution is 5.72. The molecule has 0 radical (unpaired) electrons. The molecule has 1 aromatic carbocycles. The van der Waals surface area contributed by atoms with Crippen LogP contribution in [-0.4, -0.2) is 23.7 Å². The van der Waals surface area contributed by atoms with E-state index in [0.29, 0.717) is 0 Å². The van der Waals surface area contributed by atoms with Crippen molar-refractivity contribution in [3.63, 3.8) is 0 Å². The molecular weight excluding hydrogens is 261 g/mol. The van der Waals surface area contributed by atoms with E-state index in [4.69, 9.17) is 9.84 Å². The highest BCUT2D eigenvalue weighted by atomic mass is 19.1. The van der Waals surface area contributed by atoms with Crippen molar-refractivity contribution in [2.75, 3.05) is 6.54 Å². The minimum atomic E-state index is -1.09. The number of nitrogens with one attached hydrogen (secondary N) is 1. The van der Waals surface area contributed by atoms with Crippen LogP contribution in [0.15, 0.2) is 18.2 Å². The lowest BCUT2D eigenvalue weighted by Crippen LogP contribution is -2.26. The zero-order valence-corrected chi connectivity index (χ0v) is 12.1. The normalized spacial score (nSPS) is 13.8. The third-order valence-corrected chi connectivity index (χ3v) is 3.07. The fraction of sp³-hybridized carbons (Fsp3) is 0.533. The lowest BCUT2D eigenvalue weighted by atomic mass is 10.1. The Morgan fingerprint density at radius 3 is 2.65 bits per heavy atom. The molecule has 0 spiro atoms. The van der Waals surface area contributed by atoms with E-state index in [1.54, 1.807) is 13.0 Å². The van der Waals surface area contributed by atoms with Gasteiger partial charge in [-0.15, -0.1) is 0 Å². The molecule has 0 aromatic heterocycles. The van der Waals surface area contributed by atoms with Crippen molar-refractivity contribution in [3.8, 4) is 5.75 Å². The van der Waals surface area contributed by atoms with Crippen molar-refractivity contribution >= 4 is 5.97 Å². The van der Waals surface area contributed by atoms with Gasteiger partial charge in [0.2, 0.25) is 0 Å². The number of hydrogen-bond acceptors (Lipinski definition) is 3. The summed E-state index contributed by atoms with van der Waals surface area (Å²) < 4.78 is 19.1. The fourth-order valence-corrected chi connectivity index (χ4v) is 1.82. The number of carbonyl (C=O) groups is 1. The van der Waals surface area contributed by atoms with E-state index in [9.17, 15) is 9.18 Å². The van der Waals surface area contributed by atoms with Crippen LogP contribution in [0, 0.1) is 5.82 Å². The van der Waals surface area contributed by atoms with E-state index in [-0.39, 0.29) is 18.2 Å². The number of benzene rings is 1. The second-order valence-electron chi connectivity index (χ2n) is 4.72. The van der Waals surface area contributed by atoms with Crippen molar-refractivity contribution in [2.45, 2.75) is 45.8 Å². The van der Waals surface area contributed by atoms with E-state index >= 15 is 0 Å². The summed E-state index contributed by atoms with van der Waals surface area (Å²) >= 11 is 0. The van der Waals surface area contributed by atoms with Crippen LogP contribution in [0.3, 0.4) is 0 Å². The Labute approximate surface area is 119 Å². The quantitative estimate of drug-likeness (QED) is 0.769. The topological polar surface area (TPSA) is 58.6 Å². The molecule has 112 valence electrons. The maximum Gasteiger partial charge on any atom is 0.344 e. The van der Waals surface area contributed by atoms with Gasteiger partial charge in [-0.3, -0.25) is 0 Å². The highest BCUT2D eigenvalue weighted by Crippen LogP contribution is 2.23. The zero-order valence-electron chi connectivity index (χ0n) is 12.1. The Morgan fingerprint density at radius 2 is 2.15 bits per heavy atom.